The molecular formula is C11H20N4O2S. The van der Waals surface area contributed by atoms with Gasteiger partial charge in [0.25, 0.3) is 0 Å². The molecule has 0 saturated carbocycles. The van der Waals surface area contributed by atoms with E-state index in [0.29, 0.717) is 24.9 Å². The van der Waals surface area contributed by atoms with Crippen LogP contribution >= 0.6 is 11.8 Å². The number of aliphatic hydroxyl groups excluding tert-OH is 1. The zero-order valence-corrected chi connectivity index (χ0v) is 11.5. The van der Waals surface area contributed by atoms with Crippen LogP contribution < -0.4 is 11.3 Å². The van der Waals surface area contributed by atoms with E-state index < -0.39 is 0 Å². The van der Waals surface area contributed by atoms with Crippen LogP contribution in [-0.4, -0.2) is 33.5 Å². The minimum absolute atomic E-state index is 0.174. The summed E-state index contributed by atoms with van der Waals surface area (Å²) in [5.41, 5.74) is 2.52. The second-order valence-electron chi connectivity index (χ2n) is 3.73. The van der Waals surface area contributed by atoms with Crippen LogP contribution in [0, 0.1) is 0 Å². The minimum Gasteiger partial charge on any atom is -0.396 e. The maximum absolute atomic E-state index is 8.89. The van der Waals surface area contributed by atoms with E-state index in [2.05, 4.69) is 15.4 Å². The van der Waals surface area contributed by atoms with Crippen molar-refractivity contribution in [2.45, 2.75) is 37.2 Å². The van der Waals surface area contributed by atoms with E-state index in [1.54, 1.807) is 17.8 Å². The van der Waals surface area contributed by atoms with Crippen LogP contribution in [0.1, 0.15) is 26.1 Å². The number of thioether (sulfide) groups is 1. The molecule has 102 valence electrons. The van der Waals surface area contributed by atoms with E-state index in [4.69, 9.17) is 15.7 Å². The number of nitrogens with one attached hydrogen (secondary N) is 1. The Morgan fingerprint density at radius 1 is 1.56 bits per heavy atom. The second-order valence-corrected chi connectivity index (χ2v) is 5.19. The number of hydrogen-bond acceptors (Lipinski definition) is 7. The number of nitrogen functional groups attached to an aromatic ring is 1. The van der Waals surface area contributed by atoms with Crippen LogP contribution in [0.3, 0.4) is 0 Å². The lowest BCUT2D eigenvalue weighted by atomic mass is 10.3. The molecule has 7 heteroatoms. The molecule has 0 fully saturated rings. The van der Waals surface area contributed by atoms with E-state index in [-0.39, 0.29) is 11.9 Å². The van der Waals surface area contributed by atoms with Gasteiger partial charge >= 0.3 is 0 Å². The molecule has 1 rings (SSSR count). The van der Waals surface area contributed by atoms with Crippen molar-refractivity contribution in [2.75, 3.05) is 18.6 Å². The highest BCUT2D eigenvalue weighted by atomic mass is 32.2. The van der Waals surface area contributed by atoms with Gasteiger partial charge in [-0.15, -0.1) is 11.8 Å². The number of hydrogen-bond donors (Lipinski definition) is 3. The van der Waals surface area contributed by atoms with Crippen LogP contribution in [0.4, 0.5) is 5.82 Å². The number of aromatic nitrogens is 2. The number of anilines is 1. The number of nitrogens with zero attached hydrogens (tertiary/aromatic N) is 2. The van der Waals surface area contributed by atoms with Gasteiger partial charge in [0.1, 0.15) is 17.5 Å². The Morgan fingerprint density at radius 2 is 2.33 bits per heavy atom. The zero-order valence-electron chi connectivity index (χ0n) is 10.7. The normalized spacial score (nSPS) is 12.4. The van der Waals surface area contributed by atoms with E-state index in [1.807, 2.05) is 13.8 Å². The van der Waals surface area contributed by atoms with Crippen molar-refractivity contribution >= 4 is 17.6 Å². The van der Waals surface area contributed by atoms with Gasteiger partial charge in [0.15, 0.2) is 5.82 Å². The number of rotatable bonds is 8. The summed E-state index contributed by atoms with van der Waals surface area (Å²) in [4.78, 5) is 8.60. The number of ether oxygens (including phenoxy) is 1. The predicted molar refractivity (Wildman–Crippen MR) is 72.2 cm³/mol. The summed E-state index contributed by atoms with van der Waals surface area (Å²) in [7, 11) is 0. The van der Waals surface area contributed by atoms with Gasteiger partial charge < -0.3 is 15.3 Å². The van der Waals surface area contributed by atoms with Gasteiger partial charge in [0, 0.05) is 24.5 Å². The maximum Gasteiger partial charge on any atom is 0.157 e. The quantitative estimate of drug-likeness (QED) is 0.283. The summed E-state index contributed by atoms with van der Waals surface area (Å²) in [6, 6.07) is 1.79. The fraction of sp³-hybridized carbons (Fsp3) is 0.636. The molecule has 0 aliphatic heterocycles. The summed E-state index contributed by atoms with van der Waals surface area (Å²) >= 11 is 1.58. The first kappa shape index (κ1) is 15.2. The van der Waals surface area contributed by atoms with Crippen LogP contribution in [-0.2, 0) is 11.3 Å². The molecule has 0 bridgehead atoms. The SMILES string of the molecule is CCOCc1nc(NN)cc(SC(C)CCO)n1. The molecule has 0 saturated heterocycles. The molecule has 1 aromatic rings. The van der Waals surface area contributed by atoms with Crippen molar-refractivity contribution in [1.29, 1.82) is 0 Å². The first-order valence-electron chi connectivity index (χ1n) is 5.89. The Bertz CT molecular complexity index is 365. The fourth-order valence-corrected chi connectivity index (χ4v) is 2.29. The third-order valence-electron chi connectivity index (χ3n) is 2.19. The summed E-state index contributed by atoms with van der Waals surface area (Å²) in [6.07, 6.45) is 0.723. The Morgan fingerprint density at radius 3 is 2.94 bits per heavy atom. The third kappa shape index (κ3) is 5.18. The van der Waals surface area contributed by atoms with Crippen molar-refractivity contribution in [3.05, 3.63) is 11.9 Å². The predicted octanol–water partition coefficient (Wildman–Crippen LogP) is 1.16. The lowest BCUT2D eigenvalue weighted by Crippen LogP contribution is -2.12. The Balaban J connectivity index is 2.76. The van der Waals surface area contributed by atoms with Crippen LogP contribution in [0.5, 0.6) is 0 Å². The first-order chi connectivity index (χ1) is 8.69. The molecule has 0 aromatic carbocycles. The van der Waals surface area contributed by atoms with Gasteiger partial charge in [-0.3, -0.25) is 0 Å². The minimum atomic E-state index is 0.174. The topological polar surface area (TPSA) is 93.3 Å². The van der Waals surface area contributed by atoms with Gasteiger partial charge in [-0.05, 0) is 13.3 Å². The van der Waals surface area contributed by atoms with Crippen molar-refractivity contribution in [1.82, 2.24) is 9.97 Å². The van der Waals surface area contributed by atoms with Crippen molar-refractivity contribution in [2.24, 2.45) is 5.84 Å². The fourth-order valence-electron chi connectivity index (χ4n) is 1.31. The molecular weight excluding hydrogens is 252 g/mol. The number of hydrazine groups is 1. The number of nitrogens with two attached hydrogens (primary N) is 1. The molecule has 1 atom stereocenters. The Labute approximate surface area is 111 Å². The molecule has 0 aliphatic carbocycles. The summed E-state index contributed by atoms with van der Waals surface area (Å²) in [5, 5.41) is 10.0. The molecule has 18 heavy (non-hydrogen) atoms. The van der Waals surface area contributed by atoms with Gasteiger partial charge in [0.2, 0.25) is 0 Å². The molecule has 0 spiro atoms. The summed E-state index contributed by atoms with van der Waals surface area (Å²) in [5.74, 6) is 6.55. The van der Waals surface area contributed by atoms with Crippen LogP contribution in [0.2, 0.25) is 0 Å². The standard InChI is InChI=1S/C11H20N4O2S/c1-3-17-7-10-13-9(15-12)6-11(14-10)18-8(2)4-5-16/h6,8,16H,3-5,7,12H2,1-2H3,(H,13,14,15). The van der Waals surface area contributed by atoms with Gasteiger partial charge in [0.05, 0.1) is 0 Å². The lowest BCUT2D eigenvalue weighted by molar-refractivity contribution is 0.128. The molecule has 0 aliphatic rings. The molecule has 0 amide bonds. The number of aliphatic hydroxyl groups is 1. The van der Waals surface area contributed by atoms with E-state index in [1.165, 1.54) is 0 Å². The van der Waals surface area contributed by atoms with E-state index in [0.717, 1.165) is 11.4 Å². The summed E-state index contributed by atoms with van der Waals surface area (Å²) < 4.78 is 5.28. The molecule has 1 aromatic heterocycles. The van der Waals surface area contributed by atoms with E-state index in [9.17, 15) is 0 Å². The molecule has 1 heterocycles. The highest BCUT2D eigenvalue weighted by molar-refractivity contribution is 7.99. The third-order valence-corrected chi connectivity index (χ3v) is 3.28. The first-order valence-corrected chi connectivity index (χ1v) is 6.77. The molecule has 0 radical (unpaired) electrons. The lowest BCUT2D eigenvalue weighted by Gasteiger charge is -2.11. The Hall–Kier alpha value is -0.890. The van der Waals surface area contributed by atoms with E-state index >= 15 is 0 Å². The average molecular weight is 272 g/mol. The van der Waals surface area contributed by atoms with Gasteiger partial charge in [-0.2, -0.15) is 0 Å². The summed E-state index contributed by atoms with van der Waals surface area (Å²) in [6.45, 7) is 5.12. The largest absolute Gasteiger partial charge is 0.396 e. The van der Waals surface area contributed by atoms with Crippen molar-refractivity contribution in [3.63, 3.8) is 0 Å². The Kier molecular flexibility index (Phi) is 6.96. The smallest absolute Gasteiger partial charge is 0.157 e. The second kappa shape index (κ2) is 8.25. The van der Waals surface area contributed by atoms with Gasteiger partial charge in [-0.1, -0.05) is 6.92 Å². The maximum atomic E-state index is 8.89. The van der Waals surface area contributed by atoms with Crippen LogP contribution in [0.15, 0.2) is 11.1 Å². The molecule has 6 nitrogen and oxygen atoms in total. The van der Waals surface area contributed by atoms with Gasteiger partial charge in [-0.25, -0.2) is 15.8 Å². The molecule has 1 unspecified atom stereocenters. The van der Waals surface area contributed by atoms with Crippen molar-refractivity contribution < 1.29 is 9.84 Å². The van der Waals surface area contributed by atoms with Crippen LogP contribution in [0.25, 0.3) is 0 Å². The highest BCUT2D eigenvalue weighted by Crippen LogP contribution is 2.24. The molecule has 4 N–H and O–H groups in total. The van der Waals surface area contributed by atoms with Crippen molar-refractivity contribution in [3.8, 4) is 0 Å². The highest BCUT2D eigenvalue weighted by Gasteiger charge is 2.09. The monoisotopic (exact) mass is 272 g/mol. The average Bonchev–Trinajstić information content (AvgIpc) is 2.36. The zero-order chi connectivity index (χ0) is 13.4.